The fraction of sp³-hybridized carbons (Fsp3) is 0.536. The van der Waals surface area contributed by atoms with Gasteiger partial charge >= 0.3 is 0 Å². The average Bonchev–Trinajstić information content (AvgIpc) is 2.81. The number of unbranched alkanes of at least 4 members (excludes halogenated alkanes) is 2. The Hall–Kier alpha value is -2.37. The fourth-order valence-corrected chi connectivity index (χ4v) is 4.47. The summed E-state index contributed by atoms with van der Waals surface area (Å²) in [5, 5.41) is 17.2. The smallest absolute Gasteiger partial charge is 0.237 e. The molecule has 5 heteroatoms. The van der Waals surface area contributed by atoms with Crippen LogP contribution in [0.25, 0.3) is 0 Å². The highest BCUT2D eigenvalue weighted by atomic mass is 16.5. The Bertz CT molecular complexity index is 866. The van der Waals surface area contributed by atoms with E-state index in [1.165, 1.54) is 17.5 Å². The van der Waals surface area contributed by atoms with Crippen LogP contribution in [0.5, 0.6) is 5.75 Å². The zero-order valence-electron chi connectivity index (χ0n) is 20.3. The Labute approximate surface area is 198 Å². The van der Waals surface area contributed by atoms with Gasteiger partial charge in [0.05, 0.1) is 18.7 Å². The third kappa shape index (κ3) is 7.58. The van der Waals surface area contributed by atoms with Gasteiger partial charge in [0, 0.05) is 0 Å². The van der Waals surface area contributed by atoms with Crippen LogP contribution >= 0.6 is 0 Å². The van der Waals surface area contributed by atoms with Crippen LogP contribution in [-0.2, 0) is 11.2 Å². The van der Waals surface area contributed by atoms with Gasteiger partial charge in [0.15, 0.2) is 0 Å². The van der Waals surface area contributed by atoms with Gasteiger partial charge in [0.1, 0.15) is 12.0 Å². The molecule has 0 radical (unpaired) electrons. The molecule has 1 aliphatic carbocycles. The zero-order chi connectivity index (χ0) is 23.6. The lowest BCUT2D eigenvalue weighted by atomic mass is 9.87. The number of rotatable bonds is 12. The third-order valence-corrected chi connectivity index (χ3v) is 6.28. The van der Waals surface area contributed by atoms with Gasteiger partial charge in [-0.2, -0.15) is 0 Å². The van der Waals surface area contributed by atoms with Crippen molar-refractivity contribution in [3.63, 3.8) is 0 Å². The van der Waals surface area contributed by atoms with Crippen molar-refractivity contribution in [1.82, 2.24) is 10.6 Å². The second kappa shape index (κ2) is 12.8. The summed E-state index contributed by atoms with van der Waals surface area (Å²) in [4.78, 5) is 13.2. The normalized spacial score (nSPS) is 17.3. The van der Waals surface area contributed by atoms with E-state index in [1.807, 2.05) is 30.3 Å². The number of carbonyl (C=O) groups excluding carboxylic acids is 1. The minimum atomic E-state index is -0.924. The molecule has 2 aromatic carbocycles. The predicted octanol–water partition coefficient (Wildman–Crippen LogP) is 5.44. The van der Waals surface area contributed by atoms with Crippen molar-refractivity contribution >= 4 is 5.91 Å². The monoisotopic (exact) mass is 452 g/mol. The van der Waals surface area contributed by atoms with Gasteiger partial charge in [0.25, 0.3) is 0 Å². The maximum absolute atomic E-state index is 13.2. The van der Waals surface area contributed by atoms with E-state index >= 15 is 0 Å². The Morgan fingerprint density at radius 1 is 1.12 bits per heavy atom. The van der Waals surface area contributed by atoms with Crippen LogP contribution in [0.4, 0.5) is 0 Å². The van der Waals surface area contributed by atoms with Gasteiger partial charge in [-0.1, -0.05) is 70.0 Å². The first-order chi connectivity index (χ1) is 16.0. The molecule has 1 aliphatic rings. The van der Waals surface area contributed by atoms with Crippen LogP contribution in [-0.4, -0.2) is 23.7 Å². The highest BCUT2D eigenvalue weighted by molar-refractivity contribution is 5.82. The summed E-state index contributed by atoms with van der Waals surface area (Å²) in [6, 6.07) is 15.4. The lowest BCUT2D eigenvalue weighted by Crippen LogP contribution is -2.47. The summed E-state index contributed by atoms with van der Waals surface area (Å²) < 4.78 is 5.76. The van der Waals surface area contributed by atoms with Gasteiger partial charge < -0.3 is 15.2 Å². The predicted molar refractivity (Wildman–Crippen MR) is 133 cm³/mol. The molecule has 0 aliphatic heterocycles. The second-order valence-electron chi connectivity index (χ2n) is 9.53. The maximum Gasteiger partial charge on any atom is 0.237 e. The van der Waals surface area contributed by atoms with E-state index < -0.39 is 12.3 Å². The number of amides is 1. The van der Waals surface area contributed by atoms with Gasteiger partial charge in [0.2, 0.25) is 5.91 Å². The number of aliphatic hydroxyl groups is 1. The van der Waals surface area contributed by atoms with E-state index in [0.717, 1.165) is 43.4 Å². The number of ether oxygens (including phenoxy) is 1. The molecular formula is C28H40N2O3. The van der Waals surface area contributed by atoms with Crippen molar-refractivity contribution < 1.29 is 14.6 Å². The third-order valence-electron chi connectivity index (χ3n) is 6.28. The van der Waals surface area contributed by atoms with Crippen LogP contribution in [0.3, 0.4) is 0 Å². The van der Waals surface area contributed by atoms with Crippen molar-refractivity contribution in [2.75, 3.05) is 6.61 Å². The molecule has 0 aromatic heterocycles. The Morgan fingerprint density at radius 3 is 2.61 bits per heavy atom. The summed E-state index contributed by atoms with van der Waals surface area (Å²) in [6.45, 7) is 7.06. The van der Waals surface area contributed by atoms with Crippen LogP contribution in [0.15, 0.2) is 48.5 Å². The van der Waals surface area contributed by atoms with E-state index in [4.69, 9.17) is 4.74 Å². The fourth-order valence-electron chi connectivity index (χ4n) is 4.47. The minimum absolute atomic E-state index is 0.0280. The molecule has 0 heterocycles. The quantitative estimate of drug-likeness (QED) is 0.296. The van der Waals surface area contributed by atoms with Gasteiger partial charge in [-0.05, 0) is 66.8 Å². The number of carbonyl (C=O) groups is 1. The standard InChI is InChI=1S/C28H40N2O3/c1-4-5-8-18-33-23-16-14-22(15-17-23)27(31)30-26(19-20(2)3)28(32)29-25-13-9-11-21-10-6-7-12-24(21)25/h6-7,10,12,14-17,20,25-27,30-31H,4-5,8-9,11,13,18-19H2,1-3H3,(H,29,32). The molecule has 33 heavy (non-hydrogen) atoms. The van der Waals surface area contributed by atoms with E-state index in [-0.39, 0.29) is 11.9 Å². The number of aliphatic hydroxyl groups excluding tert-OH is 1. The number of hydrogen-bond donors (Lipinski definition) is 3. The van der Waals surface area contributed by atoms with Gasteiger partial charge in [-0.25, -0.2) is 0 Å². The highest BCUT2D eigenvalue weighted by Crippen LogP contribution is 2.29. The number of fused-ring (bicyclic) bond motifs is 1. The first-order valence-electron chi connectivity index (χ1n) is 12.5. The van der Waals surface area contributed by atoms with Crippen molar-refractivity contribution in [3.05, 3.63) is 65.2 Å². The van der Waals surface area contributed by atoms with E-state index in [1.54, 1.807) is 0 Å². The maximum atomic E-state index is 13.2. The van der Waals surface area contributed by atoms with Crippen molar-refractivity contribution in [2.45, 2.75) is 84.0 Å². The second-order valence-corrected chi connectivity index (χ2v) is 9.53. The SMILES string of the molecule is CCCCCOc1ccc(C(O)NC(CC(C)C)C(=O)NC2CCCc3ccccc32)cc1. The molecular weight excluding hydrogens is 412 g/mol. The molecule has 0 spiro atoms. The first-order valence-corrected chi connectivity index (χ1v) is 12.5. The van der Waals surface area contributed by atoms with Gasteiger partial charge in [-0.3, -0.25) is 10.1 Å². The molecule has 2 aromatic rings. The zero-order valence-corrected chi connectivity index (χ0v) is 20.3. The number of hydrogen-bond acceptors (Lipinski definition) is 4. The molecule has 5 nitrogen and oxygen atoms in total. The summed E-state index contributed by atoms with van der Waals surface area (Å²) in [6.07, 6.45) is 6.17. The van der Waals surface area contributed by atoms with Gasteiger partial charge in [-0.15, -0.1) is 0 Å². The summed E-state index contributed by atoms with van der Waals surface area (Å²) in [7, 11) is 0. The molecule has 0 saturated heterocycles. The lowest BCUT2D eigenvalue weighted by molar-refractivity contribution is -0.125. The molecule has 3 atom stereocenters. The molecule has 180 valence electrons. The minimum Gasteiger partial charge on any atom is -0.494 e. The summed E-state index contributed by atoms with van der Waals surface area (Å²) in [5.74, 6) is 1.06. The van der Waals surface area contributed by atoms with Crippen LogP contribution in [0, 0.1) is 5.92 Å². The van der Waals surface area contributed by atoms with E-state index in [9.17, 15) is 9.90 Å². The average molecular weight is 453 g/mol. The van der Waals surface area contributed by atoms with Crippen LogP contribution in [0.1, 0.15) is 88.3 Å². The molecule has 0 fully saturated rings. The van der Waals surface area contributed by atoms with Crippen LogP contribution < -0.4 is 15.4 Å². The summed E-state index contributed by atoms with van der Waals surface area (Å²) >= 11 is 0. The number of benzene rings is 2. The van der Waals surface area contributed by atoms with E-state index in [2.05, 4.69) is 49.6 Å². The van der Waals surface area contributed by atoms with Crippen molar-refractivity contribution in [2.24, 2.45) is 5.92 Å². The Morgan fingerprint density at radius 2 is 1.88 bits per heavy atom. The topological polar surface area (TPSA) is 70.6 Å². The summed E-state index contributed by atoms with van der Waals surface area (Å²) in [5.41, 5.74) is 3.26. The highest BCUT2D eigenvalue weighted by Gasteiger charge is 2.27. The Balaban J connectivity index is 1.61. The molecule has 3 N–H and O–H groups in total. The molecule has 0 saturated carbocycles. The largest absolute Gasteiger partial charge is 0.494 e. The molecule has 1 amide bonds. The molecule has 0 bridgehead atoms. The molecule has 3 unspecified atom stereocenters. The Kier molecular flexibility index (Phi) is 9.76. The van der Waals surface area contributed by atoms with Crippen LogP contribution in [0.2, 0.25) is 0 Å². The lowest BCUT2D eigenvalue weighted by Gasteiger charge is -2.30. The molecule has 3 rings (SSSR count). The first kappa shape index (κ1) is 25.3. The number of aryl methyl sites for hydroxylation is 1. The number of nitrogens with one attached hydrogen (secondary N) is 2. The van der Waals surface area contributed by atoms with Crippen molar-refractivity contribution in [3.8, 4) is 5.75 Å². The van der Waals surface area contributed by atoms with Crippen molar-refractivity contribution in [1.29, 1.82) is 0 Å². The van der Waals surface area contributed by atoms with E-state index in [0.29, 0.717) is 18.9 Å².